The molecule has 1 aromatic carbocycles. The number of ether oxygens (including phenoxy) is 2. The Morgan fingerprint density at radius 3 is 2.30 bits per heavy atom. The van der Waals surface area contributed by atoms with Gasteiger partial charge in [-0.2, -0.15) is 0 Å². The van der Waals surface area contributed by atoms with E-state index in [9.17, 15) is 23.2 Å². The molecule has 0 spiro atoms. The van der Waals surface area contributed by atoms with E-state index in [0.29, 0.717) is 0 Å². The molecule has 0 saturated carbocycles. The van der Waals surface area contributed by atoms with Gasteiger partial charge in [0.2, 0.25) is 11.8 Å². The zero-order valence-electron chi connectivity index (χ0n) is 15.3. The smallest absolute Gasteiger partial charge is 0.326 e. The summed E-state index contributed by atoms with van der Waals surface area (Å²) in [6.45, 7) is 1.68. The number of halogens is 2. The van der Waals surface area contributed by atoms with Crippen LogP contribution in [0.25, 0.3) is 0 Å². The number of imide groups is 1. The third-order valence-corrected chi connectivity index (χ3v) is 5.57. The van der Waals surface area contributed by atoms with E-state index in [2.05, 4.69) is 10.1 Å². The highest BCUT2D eigenvalue weighted by Crippen LogP contribution is 2.50. The summed E-state index contributed by atoms with van der Waals surface area (Å²) in [5.41, 5.74) is -1.36. The lowest BCUT2D eigenvalue weighted by Gasteiger charge is -2.30. The third kappa shape index (κ3) is 2.52. The highest BCUT2D eigenvalue weighted by molar-refractivity contribution is 6.09. The number of nitrogens with zero attached hydrogens (tertiary/aromatic N) is 1. The number of rotatable bonds is 4. The Kier molecular flexibility index (Phi) is 4.67. The van der Waals surface area contributed by atoms with Crippen LogP contribution in [-0.4, -0.2) is 49.5 Å². The van der Waals surface area contributed by atoms with Crippen LogP contribution in [0.1, 0.15) is 24.9 Å². The van der Waals surface area contributed by atoms with Gasteiger partial charge in [-0.05, 0) is 24.1 Å². The molecule has 2 aliphatic rings. The summed E-state index contributed by atoms with van der Waals surface area (Å²) in [6, 6.07) is 1.14. The molecule has 0 aliphatic carbocycles. The minimum atomic E-state index is -1.46. The molecule has 27 heavy (non-hydrogen) atoms. The van der Waals surface area contributed by atoms with Gasteiger partial charge < -0.3 is 9.47 Å². The summed E-state index contributed by atoms with van der Waals surface area (Å²) in [5.74, 6) is -6.17. The summed E-state index contributed by atoms with van der Waals surface area (Å²) >= 11 is 0. The van der Waals surface area contributed by atoms with Crippen LogP contribution in [0.4, 0.5) is 8.78 Å². The second kappa shape index (κ2) is 6.56. The van der Waals surface area contributed by atoms with Crippen molar-refractivity contribution in [2.75, 3.05) is 21.3 Å². The van der Waals surface area contributed by atoms with Crippen molar-refractivity contribution in [3.05, 3.63) is 29.3 Å². The van der Waals surface area contributed by atoms with Crippen molar-refractivity contribution in [2.45, 2.75) is 24.9 Å². The topological polar surface area (TPSA) is 84.9 Å². The number of likely N-dealkylation sites (tertiary alicyclic amines) is 1. The number of amides is 2. The standard InChI is InChI=1S/C18H20F2N2O5/c1-5-18(17(25)27-4)12-11(15(23)22(2)16(12)24)13(21-18)8-6-9(19)14(26-3)10(20)7-8/h6-7,11-13,21H,5H2,1-4H3/t11-,12-,13-,18-/m1/s1. The minimum Gasteiger partial charge on any atom is -0.491 e. The van der Waals surface area contributed by atoms with Crippen molar-refractivity contribution in [1.82, 2.24) is 10.2 Å². The Morgan fingerprint density at radius 1 is 1.22 bits per heavy atom. The van der Waals surface area contributed by atoms with Gasteiger partial charge in [0.05, 0.1) is 26.1 Å². The van der Waals surface area contributed by atoms with Gasteiger partial charge in [-0.3, -0.25) is 24.6 Å². The predicted molar refractivity (Wildman–Crippen MR) is 88.6 cm³/mol. The molecule has 0 aromatic heterocycles. The lowest BCUT2D eigenvalue weighted by atomic mass is 9.78. The number of methoxy groups -OCH3 is 2. The average molecular weight is 382 g/mol. The fourth-order valence-corrected chi connectivity index (χ4v) is 4.23. The van der Waals surface area contributed by atoms with Crippen molar-refractivity contribution in [3.63, 3.8) is 0 Å². The quantitative estimate of drug-likeness (QED) is 0.622. The van der Waals surface area contributed by atoms with Crippen molar-refractivity contribution in [1.29, 1.82) is 0 Å². The van der Waals surface area contributed by atoms with E-state index < -0.39 is 58.6 Å². The molecule has 0 unspecified atom stereocenters. The lowest BCUT2D eigenvalue weighted by molar-refractivity contribution is -0.154. The SMILES string of the molecule is CC[C@@]1(C(=O)OC)N[C@H](c2cc(F)c(OC)c(F)c2)[C@@H]2C(=O)N(C)C(=O)[C@@H]21. The second-order valence-electron chi connectivity index (χ2n) is 6.70. The summed E-state index contributed by atoms with van der Waals surface area (Å²) in [5, 5.41) is 2.98. The van der Waals surface area contributed by atoms with Gasteiger partial charge in [0.25, 0.3) is 0 Å². The zero-order valence-corrected chi connectivity index (χ0v) is 15.3. The number of hydrogen-bond donors (Lipinski definition) is 1. The number of carbonyl (C=O) groups excluding carboxylic acids is 3. The van der Waals surface area contributed by atoms with Crippen LogP contribution < -0.4 is 10.1 Å². The maximum Gasteiger partial charge on any atom is 0.326 e. The number of fused-ring (bicyclic) bond motifs is 1. The van der Waals surface area contributed by atoms with E-state index in [-0.39, 0.29) is 12.0 Å². The first-order valence-corrected chi connectivity index (χ1v) is 8.43. The monoisotopic (exact) mass is 382 g/mol. The molecular formula is C18H20F2N2O5. The van der Waals surface area contributed by atoms with Crippen molar-refractivity contribution in [2.24, 2.45) is 11.8 Å². The first kappa shape index (κ1) is 19.2. The number of hydrogen-bond acceptors (Lipinski definition) is 6. The molecule has 2 fully saturated rings. The highest BCUT2D eigenvalue weighted by Gasteiger charge is 2.67. The van der Waals surface area contributed by atoms with E-state index in [1.807, 2.05) is 0 Å². The predicted octanol–water partition coefficient (Wildman–Crippen LogP) is 1.17. The van der Waals surface area contributed by atoms with Crippen LogP contribution >= 0.6 is 0 Å². The first-order chi connectivity index (χ1) is 12.7. The Hall–Kier alpha value is -2.55. The largest absolute Gasteiger partial charge is 0.491 e. The van der Waals surface area contributed by atoms with Crippen LogP contribution in [0.2, 0.25) is 0 Å². The molecule has 1 aromatic rings. The molecule has 1 N–H and O–H groups in total. The second-order valence-corrected chi connectivity index (χ2v) is 6.70. The third-order valence-electron chi connectivity index (χ3n) is 5.57. The van der Waals surface area contributed by atoms with Gasteiger partial charge in [0, 0.05) is 13.1 Å². The maximum atomic E-state index is 14.2. The van der Waals surface area contributed by atoms with Crippen LogP contribution in [0, 0.1) is 23.5 Å². The van der Waals surface area contributed by atoms with Gasteiger partial charge >= 0.3 is 5.97 Å². The summed E-state index contributed by atoms with van der Waals surface area (Å²) < 4.78 is 38.0. The van der Waals surface area contributed by atoms with Gasteiger partial charge in [-0.15, -0.1) is 0 Å². The molecule has 146 valence electrons. The Morgan fingerprint density at radius 2 is 1.81 bits per heavy atom. The van der Waals surface area contributed by atoms with E-state index in [4.69, 9.17) is 4.74 Å². The van der Waals surface area contributed by atoms with Gasteiger partial charge in [-0.1, -0.05) is 6.92 Å². The van der Waals surface area contributed by atoms with Gasteiger partial charge in [0.15, 0.2) is 17.4 Å². The van der Waals surface area contributed by atoms with Crippen LogP contribution in [0.5, 0.6) is 5.75 Å². The molecule has 9 heteroatoms. The lowest BCUT2D eigenvalue weighted by Crippen LogP contribution is -2.55. The van der Waals surface area contributed by atoms with Crippen molar-refractivity contribution in [3.8, 4) is 5.75 Å². The Bertz CT molecular complexity index is 807. The molecule has 0 bridgehead atoms. The summed E-state index contributed by atoms with van der Waals surface area (Å²) in [6.07, 6.45) is 0.158. The van der Waals surface area contributed by atoms with E-state index in [1.54, 1.807) is 6.92 Å². The normalized spacial score (nSPS) is 29.9. The highest BCUT2D eigenvalue weighted by atomic mass is 19.1. The van der Waals surface area contributed by atoms with Crippen LogP contribution in [0.3, 0.4) is 0 Å². The molecule has 2 amide bonds. The molecule has 2 aliphatic heterocycles. The molecular weight excluding hydrogens is 362 g/mol. The molecule has 2 heterocycles. The first-order valence-electron chi connectivity index (χ1n) is 8.43. The summed E-state index contributed by atoms with van der Waals surface area (Å²) in [4.78, 5) is 38.9. The van der Waals surface area contributed by atoms with E-state index >= 15 is 0 Å². The number of benzene rings is 1. The van der Waals surface area contributed by atoms with Crippen molar-refractivity contribution >= 4 is 17.8 Å². The zero-order chi connectivity index (χ0) is 20.1. The number of nitrogens with one attached hydrogen (secondary N) is 1. The molecule has 0 radical (unpaired) electrons. The van der Waals surface area contributed by atoms with Gasteiger partial charge in [0.1, 0.15) is 5.54 Å². The number of carbonyl (C=O) groups is 3. The molecule has 2 saturated heterocycles. The fraction of sp³-hybridized carbons (Fsp3) is 0.500. The van der Waals surface area contributed by atoms with Gasteiger partial charge in [-0.25, -0.2) is 8.78 Å². The maximum absolute atomic E-state index is 14.2. The molecule has 7 nitrogen and oxygen atoms in total. The minimum absolute atomic E-state index is 0.108. The average Bonchev–Trinajstić information content (AvgIpc) is 3.11. The Labute approximate surface area is 154 Å². The van der Waals surface area contributed by atoms with Crippen molar-refractivity contribution < 1.29 is 32.6 Å². The van der Waals surface area contributed by atoms with E-state index in [1.165, 1.54) is 14.2 Å². The molecule has 4 atom stereocenters. The van der Waals surface area contributed by atoms with E-state index in [0.717, 1.165) is 24.1 Å². The Balaban J connectivity index is 2.16. The van der Waals surface area contributed by atoms with Crippen LogP contribution in [0.15, 0.2) is 12.1 Å². The van der Waals surface area contributed by atoms with Crippen LogP contribution in [-0.2, 0) is 19.1 Å². The molecule has 3 rings (SSSR count). The number of esters is 1. The summed E-state index contributed by atoms with van der Waals surface area (Å²) in [7, 11) is 3.65. The fourth-order valence-electron chi connectivity index (χ4n) is 4.23.